The van der Waals surface area contributed by atoms with Crippen molar-refractivity contribution in [3.8, 4) is 0 Å². The zero-order chi connectivity index (χ0) is 22.2. The van der Waals surface area contributed by atoms with Gasteiger partial charge in [0.2, 0.25) is 11.3 Å². The van der Waals surface area contributed by atoms with Gasteiger partial charge in [-0.3, -0.25) is 0 Å². The number of anilines is 4. The lowest BCUT2D eigenvalue weighted by Crippen LogP contribution is -2.08. The highest BCUT2D eigenvalue weighted by Crippen LogP contribution is 2.34. The van der Waals surface area contributed by atoms with E-state index < -0.39 is 23.5 Å². The fraction of sp³-hybridized carbons (Fsp3) is 0.111. The highest BCUT2D eigenvalue weighted by molar-refractivity contribution is 5.79. The standard InChI is InChI=1S/C18H10F6N6O/c19-17(20,21)9-3-1-5-11(7-9)25-13-14(28-16-15(27-13)29-31-30-16)26-12-6-2-4-10(8-12)18(22,23)24/h1-8H,(H,25,27,29)(H,26,28,30). The summed E-state index contributed by atoms with van der Waals surface area (Å²) in [7, 11) is 0. The van der Waals surface area contributed by atoms with Gasteiger partial charge < -0.3 is 10.6 Å². The smallest absolute Gasteiger partial charge is 0.337 e. The Labute approximate surface area is 169 Å². The van der Waals surface area contributed by atoms with Crippen LogP contribution in [0.15, 0.2) is 53.2 Å². The van der Waals surface area contributed by atoms with Crippen LogP contribution in [0.25, 0.3) is 11.3 Å². The highest BCUT2D eigenvalue weighted by Gasteiger charge is 2.31. The first-order chi connectivity index (χ1) is 14.6. The van der Waals surface area contributed by atoms with Gasteiger partial charge in [0.15, 0.2) is 11.6 Å². The van der Waals surface area contributed by atoms with E-state index in [1.807, 2.05) is 0 Å². The Morgan fingerprint density at radius 3 is 1.45 bits per heavy atom. The van der Waals surface area contributed by atoms with Gasteiger partial charge in [0.05, 0.1) is 11.1 Å². The quantitative estimate of drug-likeness (QED) is 0.403. The van der Waals surface area contributed by atoms with Crippen molar-refractivity contribution in [3.05, 3.63) is 59.7 Å². The van der Waals surface area contributed by atoms with E-state index in [0.29, 0.717) is 0 Å². The van der Waals surface area contributed by atoms with Gasteiger partial charge in [0.25, 0.3) is 0 Å². The second kappa shape index (κ2) is 7.41. The largest absolute Gasteiger partial charge is 0.416 e. The fourth-order valence-corrected chi connectivity index (χ4v) is 2.63. The molecule has 0 unspecified atom stereocenters. The molecule has 160 valence electrons. The first-order valence-corrected chi connectivity index (χ1v) is 8.48. The second-order valence-electron chi connectivity index (χ2n) is 6.24. The zero-order valence-corrected chi connectivity index (χ0v) is 15.1. The Morgan fingerprint density at radius 1 is 0.645 bits per heavy atom. The van der Waals surface area contributed by atoms with E-state index in [-0.39, 0.29) is 34.3 Å². The van der Waals surface area contributed by atoms with Crippen LogP contribution in [0.4, 0.5) is 49.4 Å². The minimum absolute atomic E-state index is 0.0204. The maximum atomic E-state index is 13.0. The van der Waals surface area contributed by atoms with E-state index in [1.54, 1.807) is 0 Å². The molecule has 2 aromatic heterocycles. The lowest BCUT2D eigenvalue weighted by Gasteiger charge is -2.14. The Bertz CT molecular complexity index is 1140. The number of nitrogens with zero attached hydrogens (tertiary/aromatic N) is 4. The van der Waals surface area contributed by atoms with Gasteiger partial charge in [-0.1, -0.05) is 12.1 Å². The molecule has 4 rings (SSSR count). The first-order valence-electron chi connectivity index (χ1n) is 8.48. The van der Waals surface area contributed by atoms with Crippen molar-refractivity contribution in [2.45, 2.75) is 12.4 Å². The summed E-state index contributed by atoms with van der Waals surface area (Å²) in [5.41, 5.74) is -1.86. The van der Waals surface area contributed by atoms with Crippen molar-refractivity contribution in [3.63, 3.8) is 0 Å². The van der Waals surface area contributed by atoms with E-state index in [9.17, 15) is 26.3 Å². The van der Waals surface area contributed by atoms with Crippen LogP contribution in [-0.4, -0.2) is 20.3 Å². The molecule has 2 heterocycles. The summed E-state index contributed by atoms with van der Waals surface area (Å²) in [5, 5.41) is 12.4. The van der Waals surface area contributed by atoms with Crippen LogP contribution in [-0.2, 0) is 12.4 Å². The number of fused-ring (bicyclic) bond motifs is 1. The van der Waals surface area contributed by atoms with Gasteiger partial charge in [-0.25, -0.2) is 14.6 Å². The summed E-state index contributed by atoms with van der Waals surface area (Å²) < 4.78 is 82.4. The van der Waals surface area contributed by atoms with Crippen LogP contribution >= 0.6 is 0 Å². The van der Waals surface area contributed by atoms with Crippen LogP contribution in [0.1, 0.15) is 11.1 Å². The Kier molecular flexibility index (Phi) is 4.87. The minimum Gasteiger partial charge on any atom is -0.337 e. The molecule has 0 atom stereocenters. The van der Waals surface area contributed by atoms with E-state index >= 15 is 0 Å². The average Bonchev–Trinajstić information content (AvgIpc) is 3.14. The zero-order valence-electron chi connectivity index (χ0n) is 15.1. The molecule has 0 fully saturated rings. The predicted octanol–water partition coefficient (Wildman–Crippen LogP) is 5.54. The number of benzene rings is 2. The Morgan fingerprint density at radius 2 is 1.06 bits per heavy atom. The molecule has 0 aliphatic heterocycles. The SMILES string of the molecule is FC(F)(F)c1cccc(Nc2nc3nonc3nc2Nc2cccc(C(F)(F)F)c2)c1. The van der Waals surface area contributed by atoms with Crippen molar-refractivity contribution in [2.75, 3.05) is 10.6 Å². The first kappa shape index (κ1) is 20.4. The third-order valence-corrected chi connectivity index (χ3v) is 4.02. The number of aromatic nitrogens is 4. The van der Waals surface area contributed by atoms with Gasteiger partial charge >= 0.3 is 12.4 Å². The molecule has 0 bridgehead atoms. The van der Waals surface area contributed by atoms with Crippen molar-refractivity contribution < 1.29 is 31.0 Å². The fourth-order valence-electron chi connectivity index (χ4n) is 2.63. The van der Waals surface area contributed by atoms with E-state index in [2.05, 4.69) is 35.5 Å². The average molecular weight is 440 g/mol. The molecule has 0 radical (unpaired) electrons. The Hall–Kier alpha value is -3.90. The number of hydrogen-bond acceptors (Lipinski definition) is 7. The summed E-state index contributed by atoms with van der Waals surface area (Å²) in [4.78, 5) is 8.17. The van der Waals surface area contributed by atoms with Gasteiger partial charge in [0, 0.05) is 11.4 Å². The molecule has 13 heteroatoms. The van der Waals surface area contributed by atoms with Gasteiger partial charge in [0.1, 0.15) is 0 Å². The maximum absolute atomic E-state index is 13.0. The summed E-state index contributed by atoms with van der Waals surface area (Å²) >= 11 is 0. The van der Waals surface area contributed by atoms with Crippen LogP contribution in [0.2, 0.25) is 0 Å². The third kappa shape index (κ3) is 4.49. The predicted molar refractivity (Wildman–Crippen MR) is 96.8 cm³/mol. The van der Waals surface area contributed by atoms with Crippen molar-refractivity contribution >= 4 is 34.3 Å². The number of halogens is 6. The van der Waals surface area contributed by atoms with Crippen LogP contribution in [0.3, 0.4) is 0 Å². The summed E-state index contributed by atoms with van der Waals surface area (Å²) in [6.07, 6.45) is -9.13. The molecule has 0 saturated carbocycles. The van der Waals surface area contributed by atoms with E-state index in [4.69, 9.17) is 0 Å². The number of nitrogens with one attached hydrogen (secondary N) is 2. The van der Waals surface area contributed by atoms with Crippen molar-refractivity contribution in [2.24, 2.45) is 0 Å². The van der Waals surface area contributed by atoms with Crippen LogP contribution in [0.5, 0.6) is 0 Å². The molecule has 0 spiro atoms. The van der Waals surface area contributed by atoms with Crippen LogP contribution in [0, 0.1) is 0 Å². The molecule has 2 aromatic carbocycles. The normalized spacial score (nSPS) is 12.2. The van der Waals surface area contributed by atoms with E-state index in [1.165, 1.54) is 24.3 Å². The molecule has 4 aromatic rings. The molecule has 2 N–H and O–H groups in total. The molecular weight excluding hydrogens is 430 g/mol. The molecule has 0 amide bonds. The summed E-state index contributed by atoms with van der Waals surface area (Å²) in [6.45, 7) is 0. The number of hydrogen-bond donors (Lipinski definition) is 2. The van der Waals surface area contributed by atoms with Gasteiger partial charge in [-0.05, 0) is 46.7 Å². The van der Waals surface area contributed by atoms with E-state index in [0.717, 1.165) is 24.3 Å². The third-order valence-electron chi connectivity index (χ3n) is 4.02. The minimum atomic E-state index is -4.57. The van der Waals surface area contributed by atoms with Gasteiger partial charge in [-0.2, -0.15) is 26.3 Å². The maximum Gasteiger partial charge on any atom is 0.416 e. The number of alkyl halides is 6. The second-order valence-corrected chi connectivity index (χ2v) is 6.24. The number of rotatable bonds is 4. The molecule has 31 heavy (non-hydrogen) atoms. The molecular formula is C18H10F6N6O. The monoisotopic (exact) mass is 440 g/mol. The lowest BCUT2D eigenvalue weighted by molar-refractivity contribution is -0.138. The van der Waals surface area contributed by atoms with Crippen molar-refractivity contribution in [1.29, 1.82) is 0 Å². The van der Waals surface area contributed by atoms with Crippen molar-refractivity contribution in [1.82, 2.24) is 20.3 Å². The van der Waals surface area contributed by atoms with Crippen LogP contribution < -0.4 is 10.6 Å². The lowest BCUT2D eigenvalue weighted by atomic mass is 10.2. The topological polar surface area (TPSA) is 88.8 Å². The van der Waals surface area contributed by atoms with Gasteiger partial charge in [-0.15, -0.1) is 0 Å². The molecule has 0 aliphatic carbocycles. The summed E-state index contributed by atoms with van der Waals surface area (Å²) in [5.74, 6) is -0.195. The molecule has 0 saturated heterocycles. The Balaban J connectivity index is 1.72. The summed E-state index contributed by atoms with van der Waals surface area (Å²) in [6, 6.07) is 8.57. The molecule has 0 aliphatic rings. The highest BCUT2D eigenvalue weighted by atomic mass is 19.4. The molecule has 7 nitrogen and oxygen atoms in total.